The molecule has 0 aromatic carbocycles. The Hall–Kier alpha value is -1.72. The van der Waals surface area contributed by atoms with E-state index in [1.807, 2.05) is 17.9 Å². The van der Waals surface area contributed by atoms with Gasteiger partial charge in [-0.2, -0.15) is 5.26 Å². The summed E-state index contributed by atoms with van der Waals surface area (Å²) in [5.41, 5.74) is 1.11. The van der Waals surface area contributed by atoms with Gasteiger partial charge >= 0.3 is 0 Å². The zero-order valence-corrected chi connectivity index (χ0v) is 13.0. The Bertz CT molecular complexity index is 653. The van der Waals surface area contributed by atoms with Crippen molar-refractivity contribution in [2.24, 2.45) is 5.92 Å². The summed E-state index contributed by atoms with van der Waals surface area (Å²) in [4.78, 5) is 10.6. The maximum atomic E-state index is 11.2. The van der Waals surface area contributed by atoms with Gasteiger partial charge in [-0.1, -0.05) is 0 Å². The van der Waals surface area contributed by atoms with Crippen LogP contribution in [0, 0.1) is 24.2 Å². The van der Waals surface area contributed by atoms with Crippen molar-refractivity contribution >= 4 is 16.0 Å². The van der Waals surface area contributed by atoms with Crippen LogP contribution in [0.3, 0.4) is 0 Å². The van der Waals surface area contributed by atoms with E-state index in [2.05, 4.69) is 14.7 Å². The zero-order chi connectivity index (χ0) is 15.5. The molecule has 1 atom stereocenters. The maximum absolute atomic E-state index is 11.2. The molecular weight excluding hydrogens is 290 g/mol. The Kier molecular flexibility index (Phi) is 4.75. The zero-order valence-electron chi connectivity index (χ0n) is 12.2. The summed E-state index contributed by atoms with van der Waals surface area (Å²) in [6.07, 6.45) is 3.09. The molecule has 1 aliphatic heterocycles. The molecule has 21 heavy (non-hydrogen) atoms. The summed E-state index contributed by atoms with van der Waals surface area (Å²) >= 11 is 0. The monoisotopic (exact) mass is 309 g/mol. The summed E-state index contributed by atoms with van der Waals surface area (Å²) < 4.78 is 24.9. The first kappa shape index (κ1) is 15.7. The summed E-state index contributed by atoms with van der Waals surface area (Å²) in [5.74, 6) is 0.777. The molecule has 1 aliphatic rings. The van der Waals surface area contributed by atoms with E-state index in [9.17, 15) is 8.42 Å². The lowest BCUT2D eigenvalue weighted by atomic mass is 9.99. The fraction of sp³-hybridized carbons (Fsp3) is 0.615. The Balaban J connectivity index is 2.07. The molecule has 0 radical (unpaired) electrons. The van der Waals surface area contributed by atoms with Gasteiger partial charge in [0.1, 0.15) is 11.8 Å². The van der Waals surface area contributed by atoms with Crippen LogP contribution in [0.1, 0.15) is 24.2 Å². The van der Waals surface area contributed by atoms with Crippen molar-refractivity contribution in [3.8, 4) is 6.07 Å². The largest absolute Gasteiger partial charge is 0.340 e. The van der Waals surface area contributed by atoms with E-state index < -0.39 is 10.0 Å². The smallest absolute Gasteiger partial charge is 0.226 e. The van der Waals surface area contributed by atoms with Crippen LogP contribution in [0.5, 0.6) is 0 Å². The van der Waals surface area contributed by atoms with Gasteiger partial charge < -0.3 is 4.90 Å². The summed E-state index contributed by atoms with van der Waals surface area (Å²) in [6, 6.07) is 3.68. The molecule has 0 saturated carbocycles. The third-order valence-corrected chi connectivity index (χ3v) is 4.08. The lowest BCUT2D eigenvalue weighted by molar-refractivity contribution is 0.407. The van der Waals surface area contributed by atoms with E-state index in [1.54, 1.807) is 6.07 Å². The minimum atomic E-state index is -3.17. The van der Waals surface area contributed by atoms with Gasteiger partial charge in [0.15, 0.2) is 0 Å². The number of nitrogens with one attached hydrogen (secondary N) is 1. The summed E-state index contributed by atoms with van der Waals surface area (Å²) in [5, 5.41) is 8.98. The number of nitriles is 1. The highest BCUT2D eigenvalue weighted by atomic mass is 32.2. The average molecular weight is 309 g/mol. The minimum absolute atomic E-state index is 0.225. The van der Waals surface area contributed by atoms with Crippen LogP contribution < -0.4 is 9.62 Å². The molecule has 2 rings (SSSR count). The number of aryl methyl sites for hydroxylation is 1. The highest BCUT2D eigenvalue weighted by Gasteiger charge is 2.23. The molecular formula is C13H19N5O2S. The fourth-order valence-electron chi connectivity index (χ4n) is 2.43. The normalized spacial score (nSPS) is 19.3. The minimum Gasteiger partial charge on any atom is -0.340 e. The molecule has 0 bridgehead atoms. The second-order valence-electron chi connectivity index (χ2n) is 5.38. The molecule has 1 aromatic heterocycles. The van der Waals surface area contributed by atoms with Crippen molar-refractivity contribution < 1.29 is 8.42 Å². The Morgan fingerprint density at radius 2 is 2.29 bits per heavy atom. The lowest BCUT2D eigenvalue weighted by Gasteiger charge is -2.32. The molecule has 1 saturated heterocycles. The first-order valence-corrected chi connectivity index (χ1v) is 8.72. The van der Waals surface area contributed by atoms with E-state index in [1.165, 1.54) is 0 Å². The van der Waals surface area contributed by atoms with Crippen molar-refractivity contribution in [2.75, 3.05) is 30.8 Å². The van der Waals surface area contributed by atoms with Crippen LogP contribution in [0.15, 0.2) is 6.07 Å². The highest BCUT2D eigenvalue weighted by molar-refractivity contribution is 7.88. The van der Waals surface area contributed by atoms with E-state index in [0.717, 1.165) is 31.3 Å². The summed E-state index contributed by atoms with van der Waals surface area (Å²) in [7, 11) is -3.17. The maximum Gasteiger partial charge on any atom is 0.226 e. The van der Waals surface area contributed by atoms with Crippen LogP contribution in [-0.4, -0.2) is 44.3 Å². The van der Waals surface area contributed by atoms with Gasteiger partial charge in [0, 0.05) is 25.3 Å². The second-order valence-corrected chi connectivity index (χ2v) is 7.21. The molecule has 0 aliphatic carbocycles. The van der Waals surface area contributed by atoms with Gasteiger partial charge in [0.2, 0.25) is 16.0 Å². The second kappa shape index (κ2) is 6.37. The Morgan fingerprint density at radius 3 is 2.95 bits per heavy atom. The lowest BCUT2D eigenvalue weighted by Crippen LogP contribution is -2.41. The third kappa shape index (κ3) is 4.65. The van der Waals surface area contributed by atoms with Crippen molar-refractivity contribution in [1.29, 1.82) is 5.26 Å². The Labute approximate surface area is 125 Å². The predicted molar refractivity (Wildman–Crippen MR) is 79.3 cm³/mol. The van der Waals surface area contributed by atoms with E-state index >= 15 is 0 Å². The van der Waals surface area contributed by atoms with Crippen LogP contribution >= 0.6 is 0 Å². The van der Waals surface area contributed by atoms with Gasteiger partial charge in [-0.25, -0.2) is 23.1 Å². The van der Waals surface area contributed by atoms with Gasteiger partial charge in [-0.15, -0.1) is 0 Å². The van der Waals surface area contributed by atoms with E-state index in [-0.39, 0.29) is 5.92 Å². The SMILES string of the molecule is Cc1cc(C#N)nc(N2CCC[C@@H](CNS(C)(=O)=O)C2)n1. The van der Waals surface area contributed by atoms with Crippen LogP contribution in [0.4, 0.5) is 5.95 Å². The highest BCUT2D eigenvalue weighted by Crippen LogP contribution is 2.20. The van der Waals surface area contributed by atoms with Gasteiger partial charge in [0.25, 0.3) is 0 Å². The number of anilines is 1. The van der Waals surface area contributed by atoms with Crippen LogP contribution in [0.25, 0.3) is 0 Å². The first-order valence-electron chi connectivity index (χ1n) is 6.83. The molecule has 0 amide bonds. The van der Waals surface area contributed by atoms with E-state index in [0.29, 0.717) is 24.7 Å². The standard InChI is InChI=1S/C13H19N5O2S/c1-10-6-12(7-14)17-13(16-10)18-5-3-4-11(9-18)8-15-21(2,19)20/h6,11,15H,3-5,8-9H2,1-2H3/t11-/m0/s1. The molecule has 0 spiro atoms. The molecule has 1 fully saturated rings. The molecule has 2 heterocycles. The van der Waals surface area contributed by atoms with Crippen LogP contribution in [-0.2, 0) is 10.0 Å². The topological polar surface area (TPSA) is 99.0 Å². The molecule has 0 unspecified atom stereocenters. The summed E-state index contributed by atoms with van der Waals surface area (Å²) in [6.45, 7) is 3.77. The Morgan fingerprint density at radius 1 is 1.52 bits per heavy atom. The van der Waals surface area contributed by atoms with Crippen molar-refractivity contribution in [2.45, 2.75) is 19.8 Å². The van der Waals surface area contributed by atoms with Crippen molar-refractivity contribution in [3.63, 3.8) is 0 Å². The molecule has 1 N–H and O–H groups in total. The number of rotatable bonds is 4. The number of piperidine rings is 1. The number of hydrogen-bond acceptors (Lipinski definition) is 6. The fourth-order valence-corrected chi connectivity index (χ4v) is 2.97. The van der Waals surface area contributed by atoms with Crippen molar-refractivity contribution in [3.05, 3.63) is 17.5 Å². The molecule has 7 nitrogen and oxygen atoms in total. The van der Waals surface area contributed by atoms with Gasteiger partial charge in [-0.05, 0) is 31.7 Å². The predicted octanol–water partition coefficient (Wildman–Crippen LogP) is 0.422. The van der Waals surface area contributed by atoms with Gasteiger partial charge in [-0.3, -0.25) is 0 Å². The molecule has 1 aromatic rings. The van der Waals surface area contributed by atoms with Gasteiger partial charge in [0.05, 0.1) is 6.26 Å². The quantitative estimate of drug-likeness (QED) is 0.865. The molecule has 114 valence electrons. The van der Waals surface area contributed by atoms with E-state index in [4.69, 9.17) is 5.26 Å². The first-order chi connectivity index (χ1) is 9.87. The number of sulfonamides is 1. The van der Waals surface area contributed by atoms with Crippen LogP contribution in [0.2, 0.25) is 0 Å². The number of aromatic nitrogens is 2. The third-order valence-electron chi connectivity index (χ3n) is 3.39. The number of hydrogen-bond donors (Lipinski definition) is 1. The van der Waals surface area contributed by atoms with Crippen molar-refractivity contribution in [1.82, 2.24) is 14.7 Å². The average Bonchev–Trinajstić information content (AvgIpc) is 2.44. The number of nitrogens with zero attached hydrogens (tertiary/aromatic N) is 4. The molecule has 8 heteroatoms.